The minimum Gasteiger partial charge on any atom is -0.493 e. The van der Waals surface area contributed by atoms with Crippen molar-refractivity contribution in [3.8, 4) is 23.0 Å². The Morgan fingerprint density at radius 3 is 0.592 bits per heavy atom. The Morgan fingerprint density at radius 2 is 0.421 bits per heavy atom. The van der Waals surface area contributed by atoms with Gasteiger partial charge in [0.05, 0.1) is 26.4 Å². The van der Waals surface area contributed by atoms with Gasteiger partial charge in [0.25, 0.3) is 0 Å². The maximum absolute atomic E-state index is 7.04. The van der Waals surface area contributed by atoms with Crippen molar-refractivity contribution in [2.75, 3.05) is 26.4 Å². The zero-order chi connectivity index (χ0) is 52.3. The molecule has 0 aromatic heterocycles. The third-order valence-electron chi connectivity index (χ3n) is 13.5. The molecule has 0 radical (unpaired) electrons. The Bertz CT molecular complexity index is 2740. The summed E-state index contributed by atoms with van der Waals surface area (Å²) in [6.45, 7) is 11.1. The predicted octanol–water partition coefficient (Wildman–Crippen LogP) is 18.2. The van der Waals surface area contributed by atoms with E-state index in [0.717, 1.165) is 138 Å². The second-order valence-corrected chi connectivity index (χ2v) is 19.8. The number of ether oxygens (including phenoxy) is 4. The van der Waals surface area contributed by atoms with E-state index in [1.165, 1.54) is 0 Å². The first kappa shape index (κ1) is 52.8. The van der Waals surface area contributed by atoms with Crippen molar-refractivity contribution in [3.05, 3.63) is 259 Å². The summed E-state index contributed by atoms with van der Waals surface area (Å²) >= 11 is 0. The first-order valence-corrected chi connectivity index (χ1v) is 27.5. The highest BCUT2D eigenvalue weighted by Gasteiger charge is 2.24. The predicted molar refractivity (Wildman–Crippen MR) is 322 cm³/mol. The van der Waals surface area contributed by atoms with E-state index in [1.807, 2.05) is 0 Å². The van der Waals surface area contributed by atoms with Crippen molar-refractivity contribution < 1.29 is 18.9 Å². The Hall–Kier alpha value is -8.08. The molecule has 4 heteroatoms. The van der Waals surface area contributed by atoms with E-state index in [9.17, 15) is 0 Å². The van der Waals surface area contributed by atoms with Crippen LogP contribution in [0.3, 0.4) is 0 Å². The van der Waals surface area contributed by atoms with Crippen LogP contribution in [-0.4, -0.2) is 26.4 Å². The molecule has 1 aliphatic rings. The van der Waals surface area contributed by atoms with Crippen LogP contribution in [0.5, 0.6) is 23.0 Å². The highest BCUT2D eigenvalue weighted by molar-refractivity contribution is 5.76. The monoisotopic (exact) mass is 1000 g/mol. The molecular weight excluding hydrogens is 929 g/mol. The molecule has 8 aromatic rings. The molecule has 384 valence electrons. The van der Waals surface area contributed by atoms with Gasteiger partial charge in [-0.15, -0.1) is 0 Å². The van der Waals surface area contributed by atoms with Gasteiger partial charge in [0.1, 0.15) is 23.0 Å². The summed E-state index contributed by atoms with van der Waals surface area (Å²) in [6, 6.07) is 60.8. The average molecular weight is 1000 g/mol. The molecular formula is C72H72O4. The highest BCUT2D eigenvalue weighted by Crippen LogP contribution is 2.42. The van der Waals surface area contributed by atoms with Gasteiger partial charge >= 0.3 is 0 Å². The van der Waals surface area contributed by atoms with Gasteiger partial charge in [0.15, 0.2) is 0 Å². The Balaban J connectivity index is 1.35. The van der Waals surface area contributed by atoms with Crippen LogP contribution in [0.2, 0.25) is 0 Å². The van der Waals surface area contributed by atoms with E-state index in [2.05, 4.69) is 246 Å². The topological polar surface area (TPSA) is 36.9 Å². The van der Waals surface area contributed by atoms with Crippen LogP contribution in [-0.2, 0) is 25.7 Å². The lowest BCUT2D eigenvalue weighted by atomic mass is 9.88. The fraction of sp³-hybridized carbons (Fsp3) is 0.222. The summed E-state index contributed by atoms with van der Waals surface area (Å²) in [6.07, 6.45) is 23.7. The number of benzene rings is 8. The highest BCUT2D eigenvalue weighted by atomic mass is 16.5. The van der Waals surface area contributed by atoms with Crippen molar-refractivity contribution in [2.24, 2.45) is 0 Å². The van der Waals surface area contributed by atoms with Crippen LogP contribution < -0.4 is 18.9 Å². The molecule has 8 bridgehead atoms. The maximum atomic E-state index is 7.04. The van der Waals surface area contributed by atoms with E-state index < -0.39 is 0 Å². The fourth-order valence-corrected chi connectivity index (χ4v) is 9.97. The van der Waals surface area contributed by atoms with E-state index >= 15 is 0 Å². The Labute approximate surface area is 452 Å². The lowest BCUT2D eigenvalue weighted by molar-refractivity contribution is 0.304. The first-order valence-electron chi connectivity index (χ1n) is 27.5. The van der Waals surface area contributed by atoms with E-state index in [-0.39, 0.29) is 0 Å². The van der Waals surface area contributed by atoms with Crippen LogP contribution in [0.4, 0.5) is 0 Å². The van der Waals surface area contributed by atoms with Gasteiger partial charge in [-0.1, -0.05) is 198 Å². The standard InChI is InChI=1S/C72H72O4/c1-5-37-73-69-61-41-57(33-29-53-21-13-9-14-22-53)42-62(69)50-64-44-59(35-31-55-25-17-11-18-26-55)46-66(71(64)75-39-7-3)52-68-48-60(36-32-56-27-19-12-20-28-56)47-67(72(68)76-40-8-4)51-65-45-58(34-30-54-23-15-10-16-24-54)43-63(49-61)70(65)74-38-6-2/h9-36,41-48H,5-8,37-40,49-52H2,1-4H3/b33-29+,34-30+,35-31+,36-32+. The first-order chi connectivity index (χ1) is 37.5. The normalized spacial score (nSPS) is 12.5. The van der Waals surface area contributed by atoms with Crippen molar-refractivity contribution in [1.82, 2.24) is 0 Å². The number of fused-ring (bicyclic) bond motifs is 8. The van der Waals surface area contributed by atoms with Gasteiger partial charge in [-0.05, 0) is 163 Å². The van der Waals surface area contributed by atoms with Crippen LogP contribution in [0.25, 0.3) is 48.6 Å². The quantitative estimate of drug-likeness (QED) is 0.0713. The molecule has 0 saturated heterocycles. The molecule has 0 atom stereocenters. The SMILES string of the molecule is CCCOc1c2cc(/C=C/c3ccccc3)cc1Cc1cc(/C=C/c3ccccc3)cc(c1OCCC)Cc1cc(/C=C/c3ccccc3)cc(c1OCCC)Cc1cc(/C=C/c3ccccc3)cc(c1OCCC)C2. The van der Waals surface area contributed by atoms with Crippen molar-refractivity contribution in [3.63, 3.8) is 0 Å². The molecule has 0 aliphatic heterocycles. The van der Waals surface area contributed by atoms with Crippen LogP contribution in [0.1, 0.15) is 142 Å². The second-order valence-electron chi connectivity index (χ2n) is 19.8. The molecule has 9 rings (SSSR count). The molecule has 0 amide bonds. The third-order valence-corrected chi connectivity index (χ3v) is 13.5. The van der Waals surface area contributed by atoms with E-state index in [4.69, 9.17) is 18.9 Å². The summed E-state index contributed by atoms with van der Waals surface area (Å²) in [5.41, 5.74) is 17.9. The molecule has 0 spiro atoms. The van der Waals surface area contributed by atoms with Crippen LogP contribution in [0, 0.1) is 0 Å². The number of rotatable bonds is 20. The summed E-state index contributed by atoms with van der Waals surface area (Å²) in [5.74, 6) is 3.68. The molecule has 0 N–H and O–H groups in total. The minimum atomic E-state index is 0.587. The van der Waals surface area contributed by atoms with Crippen molar-refractivity contribution in [2.45, 2.75) is 79.1 Å². The lowest BCUT2D eigenvalue weighted by Gasteiger charge is -2.24. The average Bonchev–Trinajstić information content (AvgIpc) is 3.46. The summed E-state index contributed by atoms with van der Waals surface area (Å²) in [4.78, 5) is 0. The fourth-order valence-electron chi connectivity index (χ4n) is 9.97. The van der Waals surface area contributed by atoms with Crippen LogP contribution >= 0.6 is 0 Å². The van der Waals surface area contributed by atoms with Gasteiger partial charge in [-0.2, -0.15) is 0 Å². The minimum absolute atomic E-state index is 0.587. The molecule has 0 saturated carbocycles. The zero-order valence-electron chi connectivity index (χ0n) is 44.9. The Kier molecular flexibility index (Phi) is 18.7. The van der Waals surface area contributed by atoms with E-state index in [1.54, 1.807) is 0 Å². The molecule has 1 aliphatic carbocycles. The third kappa shape index (κ3) is 14.2. The van der Waals surface area contributed by atoms with Gasteiger partial charge in [-0.25, -0.2) is 0 Å². The molecule has 0 heterocycles. The smallest absolute Gasteiger partial charge is 0.126 e. The molecule has 8 aromatic carbocycles. The van der Waals surface area contributed by atoms with Gasteiger partial charge < -0.3 is 18.9 Å². The van der Waals surface area contributed by atoms with Crippen LogP contribution in [0.15, 0.2) is 170 Å². The second kappa shape index (κ2) is 26.9. The summed E-state index contributed by atoms with van der Waals surface area (Å²) < 4.78 is 28.1. The maximum Gasteiger partial charge on any atom is 0.126 e. The number of hydrogen-bond acceptors (Lipinski definition) is 4. The lowest BCUT2D eigenvalue weighted by Crippen LogP contribution is -2.11. The molecule has 0 fully saturated rings. The number of hydrogen-bond donors (Lipinski definition) is 0. The molecule has 4 nitrogen and oxygen atoms in total. The molecule has 76 heavy (non-hydrogen) atoms. The summed E-state index contributed by atoms with van der Waals surface area (Å²) in [5, 5.41) is 0. The summed E-state index contributed by atoms with van der Waals surface area (Å²) in [7, 11) is 0. The molecule has 0 unspecified atom stereocenters. The van der Waals surface area contributed by atoms with Gasteiger partial charge in [0.2, 0.25) is 0 Å². The van der Waals surface area contributed by atoms with Crippen molar-refractivity contribution in [1.29, 1.82) is 0 Å². The Morgan fingerprint density at radius 1 is 0.250 bits per heavy atom. The largest absolute Gasteiger partial charge is 0.493 e. The zero-order valence-corrected chi connectivity index (χ0v) is 44.9. The van der Waals surface area contributed by atoms with E-state index in [0.29, 0.717) is 52.1 Å². The van der Waals surface area contributed by atoms with Gasteiger partial charge in [0, 0.05) is 25.7 Å². The van der Waals surface area contributed by atoms with Crippen molar-refractivity contribution >= 4 is 48.6 Å². The van der Waals surface area contributed by atoms with Gasteiger partial charge in [-0.3, -0.25) is 0 Å².